The largest absolute Gasteiger partial charge is 0.294 e. The molecule has 3 heteroatoms. The van der Waals surface area contributed by atoms with Crippen LogP contribution >= 0.6 is 23.1 Å². The SMILES string of the molecule is CC(=O)c1cc2c(s1)CCSC2. The molecule has 0 fully saturated rings. The minimum Gasteiger partial charge on any atom is -0.294 e. The maximum Gasteiger partial charge on any atom is 0.169 e. The van der Waals surface area contributed by atoms with Gasteiger partial charge in [-0.2, -0.15) is 11.8 Å². The molecule has 0 atom stereocenters. The Morgan fingerprint density at radius 2 is 2.42 bits per heavy atom. The van der Waals surface area contributed by atoms with Crippen LogP contribution < -0.4 is 0 Å². The van der Waals surface area contributed by atoms with Crippen LogP contribution in [0.2, 0.25) is 0 Å². The van der Waals surface area contributed by atoms with Crippen molar-refractivity contribution in [2.45, 2.75) is 19.1 Å². The molecular weight excluding hydrogens is 188 g/mol. The second-order valence-electron chi connectivity index (χ2n) is 2.92. The first-order chi connectivity index (χ1) is 5.77. The Balaban J connectivity index is 2.38. The molecule has 0 amide bonds. The van der Waals surface area contributed by atoms with Crippen LogP contribution in [0.5, 0.6) is 0 Å². The van der Waals surface area contributed by atoms with E-state index in [2.05, 4.69) is 6.07 Å². The fourth-order valence-electron chi connectivity index (χ4n) is 1.32. The lowest BCUT2D eigenvalue weighted by Gasteiger charge is -2.08. The molecule has 0 saturated heterocycles. The molecule has 2 rings (SSSR count). The van der Waals surface area contributed by atoms with E-state index in [9.17, 15) is 4.79 Å². The Labute approximate surface area is 80.2 Å². The Kier molecular flexibility index (Phi) is 2.24. The van der Waals surface area contributed by atoms with Crippen molar-refractivity contribution in [2.24, 2.45) is 0 Å². The lowest BCUT2D eigenvalue weighted by molar-refractivity contribution is 0.102. The van der Waals surface area contributed by atoms with Crippen molar-refractivity contribution < 1.29 is 4.79 Å². The third kappa shape index (κ3) is 1.43. The van der Waals surface area contributed by atoms with E-state index in [-0.39, 0.29) is 5.78 Å². The molecule has 1 nitrogen and oxygen atoms in total. The van der Waals surface area contributed by atoms with Crippen LogP contribution in [-0.4, -0.2) is 11.5 Å². The number of hydrogen-bond acceptors (Lipinski definition) is 3. The maximum atomic E-state index is 11.1. The second kappa shape index (κ2) is 3.23. The van der Waals surface area contributed by atoms with Gasteiger partial charge in [0.1, 0.15) is 0 Å². The highest BCUT2D eigenvalue weighted by atomic mass is 32.2. The average molecular weight is 198 g/mol. The first-order valence-corrected chi connectivity index (χ1v) is 5.95. The quantitative estimate of drug-likeness (QED) is 0.645. The van der Waals surface area contributed by atoms with Gasteiger partial charge in [-0.3, -0.25) is 4.79 Å². The Morgan fingerprint density at radius 3 is 3.08 bits per heavy atom. The van der Waals surface area contributed by atoms with Gasteiger partial charge in [0, 0.05) is 10.6 Å². The second-order valence-corrected chi connectivity index (χ2v) is 5.16. The lowest BCUT2D eigenvalue weighted by atomic mass is 10.2. The molecule has 2 heterocycles. The van der Waals surface area contributed by atoms with Gasteiger partial charge in [-0.05, 0) is 30.7 Å². The number of carbonyl (C=O) groups is 1. The molecule has 0 aromatic carbocycles. The van der Waals surface area contributed by atoms with Crippen molar-refractivity contribution in [3.05, 3.63) is 21.4 Å². The molecule has 0 spiro atoms. The van der Waals surface area contributed by atoms with E-state index < -0.39 is 0 Å². The molecule has 1 aromatic rings. The summed E-state index contributed by atoms with van der Waals surface area (Å²) in [4.78, 5) is 13.4. The zero-order valence-electron chi connectivity index (χ0n) is 6.92. The molecule has 1 aromatic heterocycles. The number of rotatable bonds is 1. The van der Waals surface area contributed by atoms with Gasteiger partial charge in [0.15, 0.2) is 5.78 Å². The van der Waals surface area contributed by atoms with E-state index in [0.717, 1.165) is 17.1 Å². The number of thioether (sulfide) groups is 1. The third-order valence-electron chi connectivity index (χ3n) is 1.97. The normalized spacial score (nSPS) is 15.8. The third-order valence-corrected chi connectivity index (χ3v) is 4.32. The van der Waals surface area contributed by atoms with E-state index in [1.165, 1.54) is 16.2 Å². The summed E-state index contributed by atoms with van der Waals surface area (Å²) in [7, 11) is 0. The fourth-order valence-corrected chi connectivity index (χ4v) is 3.59. The van der Waals surface area contributed by atoms with Crippen molar-refractivity contribution in [1.29, 1.82) is 0 Å². The highest BCUT2D eigenvalue weighted by molar-refractivity contribution is 7.98. The van der Waals surface area contributed by atoms with E-state index in [0.29, 0.717) is 0 Å². The van der Waals surface area contributed by atoms with E-state index in [4.69, 9.17) is 0 Å². The van der Waals surface area contributed by atoms with E-state index in [1.54, 1.807) is 18.3 Å². The number of fused-ring (bicyclic) bond motifs is 1. The Hall–Kier alpha value is -0.280. The van der Waals surface area contributed by atoms with Crippen LogP contribution in [0.25, 0.3) is 0 Å². The summed E-state index contributed by atoms with van der Waals surface area (Å²) in [5.41, 5.74) is 1.39. The van der Waals surface area contributed by atoms with Crippen LogP contribution in [0.3, 0.4) is 0 Å². The summed E-state index contributed by atoms with van der Waals surface area (Å²) < 4.78 is 0. The highest BCUT2D eigenvalue weighted by Crippen LogP contribution is 2.31. The number of Topliss-reactive ketones (excluding diaryl/α,β-unsaturated/α-hetero) is 1. The number of carbonyl (C=O) groups excluding carboxylic acids is 1. The summed E-state index contributed by atoms with van der Waals surface area (Å²) in [5.74, 6) is 2.52. The highest BCUT2D eigenvalue weighted by Gasteiger charge is 2.14. The molecule has 1 aliphatic heterocycles. The standard InChI is InChI=1S/C9H10OS2/c1-6(10)9-4-7-5-11-3-2-8(7)12-9/h4H,2-3,5H2,1H3. The van der Waals surface area contributed by atoms with Crippen LogP contribution in [0, 0.1) is 0 Å². The van der Waals surface area contributed by atoms with Crippen molar-refractivity contribution in [3.8, 4) is 0 Å². The Morgan fingerprint density at radius 1 is 1.58 bits per heavy atom. The first kappa shape index (κ1) is 8.32. The smallest absolute Gasteiger partial charge is 0.169 e. The van der Waals surface area contributed by atoms with Gasteiger partial charge in [0.05, 0.1) is 4.88 Å². The molecule has 12 heavy (non-hydrogen) atoms. The molecule has 0 aliphatic carbocycles. The molecule has 1 aliphatic rings. The number of aryl methyl sites for hydroxylation is 1. The minimum absolute atomic E-state index is 0.208. The van der Waals surface area contributed by atoms with Crippen molar-refractivity contribution in [1.82, 2.24) is 0 Å². The predicted octanol–water partition coefficient (Wildman–Crippen LogP) is 2.74. The first-order valence-electron chi connectivity index (χ1n) is 3.97. The molecule has 0 unspecified atom stereocenters. The van der Waals surface area contributed by atoms with Crippen molar-refractivity contribution in [2.75, 3.05) is 5.75 Å². The maximum absolute atomic E-state index is 11.1. The van der Waals surface area contributed by atoms with Crippen LogP contribution in [0.1, 0.15) is 27.0 Å². The van der Waals surface area contributed by atoms with Gasteiger partial charge in [0.2, 0.25) is 0 Å². The van der Waals surface area contributed by atoms with Gasteiger partial charge in [-0.1, -0.05) is 0 Å². The summed E-state index contributed by atoms with van der Waals surface area (Å²) in [6, 6.07) is 2.06. The van der Waals surface area contributed by atoms with Gasteiger partial charge in [0.25, 0.3) is 0 Å². The fraction of sp³-hybridized carbons (Fsp3) is 0.444. The number of hydrogen-bond donors (Lipinski definition) is 0. The van der Waals surface area contributed by atoms with Crippen LogP contribution in [0.4, 0.5) is 0 Å². The van der Waals surface area contributed by atoms with E-state index in [1.807, 2.05) is 11.8 Å². The zero-order valence-corrected chi connectivity index (χ0v) is 8.56. The van der Waals surface area contributed by atoms with Crippen LogP contribution in [-0.2, 0) is 12.2 Å². The van der Waals surface area contributed by atoms with Gasteiger partial charge >= 0.3 is 0 Å². The summed E-state index contributed by atoms with van der Waals surface area (Å²) >= 11 is 3.64. The molecule has 0 N–H and O–H groups in total. The number of ketones is 1. The molecule has 0 bridgehead atoms. The predicted molar refractivity (Wildman–Crippen MR) is 54.2 cm³/mol. The molecule has 0 radical (unpaired) electrons. The minimum atomic E-state index is 0.208. The molecular formula is C9H10OS2. The summed E-state index contributed by atoms with van der Waals surface area (Å²) in [6.45, 7) is 1.64. The van der Waals surface area contributed by atoms with Gasteiger partial charge < -0.3 is 0 Å². The van der Waals surface area contributed by atoms with Crippen molar-refractivity contribution >= 4 is 28.9 Å². The molecule has 64 valence electrons. The van der Waals surface area contributed by atoms with Crippen LogP contribution in [0.15, 0.2) is 6.07 Å². The zero-order chi connectivity index (χ0) is 8.55. The number of thiophene rings is 1. The topological polar surface area (TPSA) is 17.1 Å². The van der Waals surface area contributed by atoms with E-state index >= 15 is 0 Å². The van der Waals surface area contributed by atoms with Gasteiger partial charge in [-0.15, -0.1) is 11.3 Å². The summed E-state index contributed by atoms with van der Waals surface area (Å²) in [6.07, 6.45) is 1.15. The average Bonchev–Trinajstić information content (AvgIpc) is 2.46. The molecule has 0 saturated carbocycles. The Bertz CT molecular complexity index is 291. The van der Waals surface area contributed by atoms with Crippen molar-refractivity contribution in [3.63, 3.8) is 0 Å². The lowest BCUT2D eigenvalue weighted by Crippen LogP contribution is -1.96. The monoisotopic (exact) mass is 198 g/mol. The summed E-state index contributed by atoms with van der Waals surface area (Å²) in [5, 5.41) is 0. The van der Waals surface area contributed by atoms with Gasteiger partial charge in [-0.25, -0.2) is 0 Å².